The van der Waals surface area contributed by atoms with E-state index in [1.54, 1.807) is 30.3 Å². The van der Waals surface area contributed by atoms with Gasteiger partial charge in [-0.1, -0.05) is 46.9 Å². The normalized spacial score (nSPS) is 10.5. The molecule has 3 rings (SSSR count). The minimum atomic E-state index is -0.588. The Morgan fingerprint density at radius 3 is 2.24 bits per heavy atom. The maximum atomic E-state index is 13.8. The smallest absolute Gasteiger partial charge is 0.142 e. The highest BCUT2D eigenvalue weighted by Gasteiger charge is 2.15. The Hall–Kier alpha value is -2.32. The number of nitrogen functional groups attached to an aromatic ring is 1. The van der Waals surface area contributed by atoms with Crippen molar-refractivity contribution in [3.8, 4) is 28.5 Å². The minimum absolute atomic E-state index is 0.00556. The van der Waals surface area contributed by atoms with Crippen LogP contribution in [0.25, 0.3) is 22.4 Å². The molecule has 0 unspecified atom stereocenters. The third-order valence-electron chi connectivity index (χ3n) is 3.61. The Kier molecular flexibility index (Phi) is 4.82. The van der Waals surface area contributed by atoms with Gasteiger partial charge < -0.3 is 5.73 Å². The van der Waals surface area contributed by atoms with Gasteiger partial charge in [-0.15, -0.1) is 0 Å². The molecule has 0 saturated carbocycles. The van der Waals surface area contributed by atoms with Crippen LogP contribution in [0.5, 0.6) is 0 Å². The van der Waals surface area contributed by atoms with Crippen LogP contribution in [0, 0.1) is 17.1 Å². The van der Waals surface area contributed by atoms with E-state index in [1.807, 2.05) is 6.07 Å². The van der Waals surface area contributed by atoms with E-state index in [0.29, 0.717) is 32.4 Å². The number of rotatable bonds is 2. The number of pyridine rings is 1. The second-order valence-corrected chi connectivity index (χ2v) is 6.41. The van der Waals surface area contributed by atoms with Gasteiger partial charge in [0.1, 0.15) is 23.3 Å². The number of hydrogen-bond acceptors (Lipinski definition) is 3. The molecule has 124 valence electrons. The van der Waals surface area contributed by atoms with Gasteiger partial charge in [-0.2, -0.15) is 5.26 Å². The number of aromatic nitrogens is 1. The van der Waals surface area contributed by atoms with Crippen molar-refractivity contribution in [2.75, 3.05) is 5.73 Å². The van der Waals surface area contributed by atoms with Crippen LogP contribution < -0.4 is 5.73 Å². The van der Waals surface area contributed by atoms with Gasteiger partial charge in [0.05, 0.1) is 20.8 Å². The van der Waals surface area contributed by atoms with E-state index in [4.69, 9.17) is 40.5 Å². The lowest BCUT2D eigenvalue weighted by molar-refractivity contribution is 0.629. The molecule has 3 nitrogen and oxygen atoms in total. The summed E-state index contributed by atoms with van der Waals surface area (Å²) in [4.78, 5) is 4.24. The summed E-state index contributed by atoms with van der Waals surface area (Å²) in [5.74, 6) is -0.550. The van der Waals surface area contributed by atoms with Crippen molar-refractivity contribution in [1.82, 2.24) is 4.98 Å². The van der Waals surface area contributed by atoms with Crippen LogP contribution in [0.1, 0.15) is 5.56 Å². The molecule has 0 saturated heterocycles. The molecule has 1 aromatic heterocycles. The Balaban J connectivity index is 2.24. The van der Waals surface area contributed by atoms with E-state index in [-0.39, 0.29) is 16.4 Å². The number of anilines is 1. The first-order valence-corrected chi connectivity index (χ1v) is 8.15. The molecule has 0 radical (unpaired) electrons. The van der Waals surface area contributed by atoms with Gasteiger partial charge in [0.2, 0.25) is 0 Å². The van der Waals surface area contributed by atoms with Crippen LogP contribution in [0.2, 0.25) is 15.1 Å². The Labute approximate surface area is 158 Å². The van der Waals surface area contributed by atoms with E-state index < -0.39 is 5.82 Å². The molecule has 2 N–H and O–H groups in total. The zero-order valence-electron chi connectivity index (χ0n) is 12.5. The first kappa shape index (κ1) is 17.5. The molecule has 25 heavy (non-hydrogen) atoms. The molecule has 0 aliphatic carbocycles. The van der Waals surface area contributed by atoms with Crippen molar-refractivity contribution in [2.24, 2.45) is 0 Å². The fourth-order valence-corrected chi connectivity index (χ4v) is 2.79. The van der Waals surface area contributed by atoms with Gasteiger partial charge >= 0.3 is 0 Å². The number of nitrogens with two attached hydrogens (primary N) is 1. The second-order valence-electron chi connectivity index (χ2n) is 5.18. The number of nitrogens with zero attached hydrogens (tertiary/aromatic N) is 2. The highest BCUT2D eigenvalue weighted by molar-refractivity contribution is 6.42. The quantitative estimate of drug-likeness (QED) is 0.584. The Bertz CT molecular complexity index is 1030. The van der Waals surface area contributed by atoms with Crippen molar-refractivity contribution < 1.29 is 4.39 Å². The predicted octanol–water partition coefficient (Wildman–Crippen LogP) is 5.97. The van der Waals surface area contributed by atoms with E-state index in [9.17, 15) is 9.65 Å². The molecule has 0 aliphatic rings. The van der Waals surface area contributed by atoms with Gasteiger partial charge in [-0.05, 0) is 35.9 Å². The molecule has 2 aromatic carbocycles. The van der Waals surface area contributed by atoms with E-state index in [0.717, 1.165) is 0 Å². The molecule has 1 heterocycles. The SMILES string of the molecule is N#Cc1c(-c2ccc(Cl)c(F)c2)cc(-c2ccc(Cl)c(Cl)c2)nc1N. The van der Waals surface area contributed by atoms with Crippen LogP contribution in [0.4, 0.5) is 10.2 Å². The fourth-order valence-electron chi connectivity index (χ4n) is 2.38. The van der Waals surface area contributed by atoms with Crippen LogP contribution >= 0.6 is 34.8 Å². The van der Waals surface area contributed by atoms with E-state index >= 15 is 0 Å². The molecule has 0 aliphatic heterocycles. The van der Waals surface area contributed by atoms with Gasteiger partial charge in [-0.25, -0.2) is 9.37 Å². The molecule has 0 spiro atoms. The lowest BCUT2D eigenvalue weighted by Gasteiger charge is -2.11. The highest BCUT2D eigenvalue weighted by atomic mass is 35.5. The van der Waals surface area contributed by atoms with Gasteiger partial charge in [0.25, 0.3) is 0 Å². The molecule has 7 heteroatoms. The van der Waals surface area contributed by atoms with Gasteiger partial charge in [-0.3, -0.25) is 0 Å². The van der Waals surface area contributed by atoms with Gasteiger partial charge in [0.15, 0.2) is 0 Å². The highest BCUT2D eigenvalue weighted by Crippen LogP contribution is 2.34. The zero-order chi connectivity index (χ0) is 18.1. The summed E-state index contributed by atoms with van der Waals surface area (Å²) in [5, 5.41) is 10.2. The standard InChI is InChI=1S/C18H9Cl3FN3/c19-13-3-2-10(5-15(13)21)17-7-11(12(8-23)18(24)25-17)9-1-4-14(20)16(22)6-9/h1-7H,(H2,24,25). The third kappa shape index (κ3) is 3.40. The summed E-state index contributed by atoms with van der Waals surface area (Å²) in [7, 11) is 0. The maximum Gasteiger partial charge on any atom is 0.142 e. The zero-order valence-corrected chi connectivity index (χ0v) is 14.8. The lowest BCUT2D eigenvalue weighted by Crippen LogP contribution is -2.00. The first-order valence-electron chi connectivity index (χ1n) is 7.02. The second kappa shape index (κ2) is 6.89. The maximum absolute atomic E-state index is 13.8. The van der Waals surface area contributed by atoms with Crippen molar-refractivity contribution in [1.29, 1.82) is 5.26 Å². The van der Waals surface area contributed by atoms with Crippen molar-refractivity contribution in [2.45, 2.75) is 0 Å². The average Bonchev–Trinajstić information content (AvgIpc) is 2.59. The molecule has 0 fully saturated rings. The molecular formula is C18H9Cl3FN3. The number of halogens is 4. The Morgan fingerprint density at radius 2 is 1.60 bits per heavy atom. The van der Waals surface area contributed by atoms with E-state index in [2.05, 4.69) is 4.98 Å². The largest absolute Gasteiger partial charge is 0.383 e. The van der Waals surface area contributed by atoms with Crippen molar-refractivity contribution in [3.63, 3.8) is 0 Å². The van der Waals surface area contributed by atoms with Crippen LogP contribution in [0.15, 0.2) is 42.5 Å². The monoisotopic (exact) mass is 391 g/mol. The fraction of sp³-hybridized carbons (Fsp3) is 0. The molecule has 0 bridgehead atoms. The molecule has 0 atom stereocenters. The summed E-state index contributed by atoms with van der Waals surface area (Å²) in [5.41, 5.74) is 8.16. The third-order valence-corrected chi connectivity index (χ3v) is 4.65. The molecular weight excluding hydrogens is 384 g/mol. The summed E-state index contributed by atoms with van der Waals surface area (Å²) in [6, 6.07) is 12.9. The topological polar surface area (TPSA) is 62.7 Å². The number of nitriles is 1. The molecule has 3 aromatic rings. The lowest BCUT2D eigenvalue weighted by atomic mass is 9.98. The summed E-state index contributed by atoms with van der Waals surface area (Å²) in [6.45, 7) is 0. The summed E-state index contributed by atoms with van der Waals surface area (Å²) in [6.07, 6.45) is 0. The van der Waals surface area contributed by atoms with E-state index in [1.165, 1.54) is 12.1 Å². The van der Waals surface area contributed by atoms with Crippen LogP contribution in [-0.2, 0) is 0 Å². The number of benzene rings is 2. The predicted molar refractivity (Wildman–Crippen MR) is 99.2 cm³/mol. The minimum Gasteiger partial charge on any atom is -0.383 e. The van der Waals surface area contributed by atoms with Crippen molar-refractivity contribution in [3.05, 3.63) is 68.9 Å². The number of hydrogen-bond donors (Lipinski definition) is 1. The van der Waals surface area contributed by atoms with Crippen LogP contribution in [-0.4, -0.2) is 4.98 Å². The summed E-state index contributed by atoms with van der Waals surface area (Å²) < 4.78 is 13.8. The first-order chi connectivity index (χ1) is 11.9. The summed E-state index contributed by atoms with van der Waals surface area (Å²) >= 11 is 17.7. The average molecular weight is 393 g/mol. The Morgan fingerprint density at radius 1 is 0.920 bits per heavy atom. The van der Waals surface area contributed by atoms with Crippen LogP contribution in [0.3, 0.4) is 0 Å². The van der Waals surface area contributed by atoms with Crippen molar-refractivity contribution >= 4 is 40.6 Å². The van der Waals surface area contributed by atoms with Gasteiger partial charge in [0, 0.05) is 11.1 Å². The molecule has 0 amide bonds.